The van der Waals surface area contributed by atoms with E-state index in [-0.39, 0.29) is 18.3 Å². The number of nitrogens with one attached hydrogen (secondary N) is 3. The monoisotopic (exact) mass is 300 g/mol. The van der Waals surface area contributed by atoms with Gasteiger partial charge in [-0.3, -0.25) is 0 Å². The van der Waals surface area contributed by atoms with Crippen LogP contribution in [0.15, 0.2) is 24.3 Å². The second-order valence-electron chi connectivity index (χ2n) is 4.38. The average molecular weight is 300 g/mol. The number of carbonyl (C=O) groups is 1. The Labute approximate surface area is 119 Å². The molecule has 0 radical (unpaired) electrons. The molecule has 112 valence electrons. The Bertz CT molecular complexity index is 560. The molecule has 1 rings (SSSR count). The van der Waals surface area contributed by atoms with E-state index in [1.165, 1.54) is 0 Å². The predicted octanol–water partition coefficient (Wildman–Crippen LogP) is 0.377. The van der Waals surface area contributed by atoms with Gasteiger partial charge in [0.15, 0.2) is 0 Å². The number of anilines is 1. The number of amides is 2. The topological polar surface area (TPSA) is 113 Å². The summed E-state index contributed by atoms with van der Waals surface area (Å²) in [6.07, 6.45) is 0. The van der Waals surface area contributed by atoms with Crippen LogP contribution in [0, 0.1) is 0 Å². The smallest absolute Gasteiger partial charge is 0.319 e. The molecule has 0 saturated heterocycles. The van der Waals surface area contributed by atoms with Crippen LogP contribution in [0.2, 0.25) is 0 Å². The van der Waals surface area contributed by atoms with Gasteiger partial charge in [-0.25, -0.2) is 18.4 Å². The number of urea groups is 1. The Morgan fingerprint density at radius 1 is 1.40 bits per heavy atom. The summed E-state index contributed by atoms with van der Waals surface area (Å²) in [7, 11) is -1.71. The normalized spacial score (nSPS) is 12.8. The van der Waals surface area contributed by atoms with Crippen molar-refractivity contribution in [2.24, 2.45) is 5.14 Å². The number of carbonyl (C=O) groups excluding carboxylic acids is 1. The van der Waals surface area contributed by atoms with Crippen molar-refractivity contribution >= 4 is 21.7 Å². The third kappa shape index (κ3) is 6.00. The maximum Gasteiger partial charge on any atom is 0.319 e. The van der Waals surface area contributed by atoms with Crippen molar-refractivity contribution < 1.29 is 13.2 Å². The number of rotatable bonds is 6. The highest BCUT2D eigenvalue weighted by atomic mass is 32.2. The lowest BCUT2D eigenvalue weighted by Crippen LogP contribution is -2.34. The molecule has 20 heavy (non-hydrogen) atoms. The van der Waals surface area contributed by atoms with Crippen molar-refractivity contribution in [3.05, 3.63) is 29.8 Å². The quantitative estimate of drug-likeness (QED) is 0.608. The standard InChI is InChI=1S/C12H20N4O3S/c1-9(14-2)10-4-3-5-11(8-10)16-12(17)15-6-7-20(13,18)19/h3-5,8-9,14H,6-7H2,1-2H3,(H2,13,18,19)(H2,15,16,17). The summed E-state index contributed by atoms with van der Waals surface area (Å²) in [5, 5.41) is 13.0. The highest BCUT2D eigenvalue weighted by Gasteiger charge is 2.07. The SMILES string of the molecule is CNC(C)c1cccc(NC(=O)NCCS(N)(=O)=O)c1. The van der Waals surface area contributed by atoms with E-state index in [0.29, 0.717) is 5.69 Å². The zero-order valence-electron chi connectivity index (χ0n) is 11.5. The number of primary sulfonamides is 1. The van der Waals surface area contributed by atoms with E-state index >= 15 is 0 Å². The second-order valence-corrected chi connectivity index (χ2v) is 6.12. The molecule has 2 amide bonds. The minimum absolute atomic E-state index is 0.0305. The molecule has 1 aromatic carbocycles. The van der Waals surface area contributed by atoms with Crippen LogP contribution in [-0.4, -0.2) is 33.8 Å². The summed E-state index contributed by atoms with van der Waals surface area (Å²) in [4.78, 5) is 11.6. The predicted molar refractivity (Wildman–Crippen MR) is 78.9 cm³/mol. The van der Waals surface area contributed by atoms with Gasteiger partial charge >= 0.3 is 6.03 Å². The molecule has 8 heteroatoms. The lowest BCUT2D eigenvalue weighted by Gasteiger charge is -2.13. The number of nitrogens with two attached hydrogens (primary N) is 1. The third-order valence-electron chi connectivity index (χ3n) is 2.75. The molecule has 0 aliphatic rings. The molecule has 0 aliphatic carbocycles. The Morgan fingerprint density at radius 3 is 2.70 bits per heavy atom. The van der Waals surface area contributed by atoms with Gasteiger partial charge in [0.25, 0.3) is 0 Å². The summed E-state index contributed by atoms with van der Waals surface area (Å²) in [5.41, 5.74) is 1.67. The molecule has 5 N–H and O–H groups in total. The minimum Gasteiger partial charge on any atom is -0.337 e. The first-order valence-electron chi connectivity index (χ1n) is 6.14. The van der Waals surface area contributed by atoms with Crippen LogP contribution in [0.4, 0.5) is 10.5 Å². The van der Waals surface area contributed by atoms with Gasteiger partial charge in [-0.1, -0.05) is 12.1 Å². The minimum atomic E-state index is -3.56. The second kappa shape index (κ2) is 7.22. The molecule has 0 aliphatic heterocycles. The van der Waals surface area contributed by atoms with Gasteiger partial charge in [0.1, 0.15) is 0 Å². The van der Waals surface area contributed by atoms with E-state index in [1.54, 1.807) is 6.07 Å². The van der Waals surface area contributed by atoms with Crippen LogP contribution >= 0.6 is 0 Å². The zero-order chi connectivity index (χ0) is 15.2. The molecule has 1 atom stereocenters. The van der Waals surface area contributed by atoms with Crippen molar-refractivity contribution in [3.8, 4) is 0 Å². The van der Waals surface area contributed by atoms with Crippen LogP contribution < -0.4 is 21.1 Å². The maximum absolute atomic E-state index is 11.6. The summed E-state index contributed by atoms with van der Waals surface area (Å²) >= 11 is 0. The zero-order valence-corrected chi connectivity index (χ0v) is 12.3. The van der Waals surface area contributed by atoms with Gasteiger partial charge in [0.2, 0.25) is 10.0 Å². The first-order chi connectivity index (χ1) is 9.31. The van der Waals surface area contributed by atoms with Gasteiger partial charge in [0, 0.05) is 18.3 Å². The van der Waals surface area contributed by atoms with E-state index in [9.17, 15) is 13.2 Å². The van der Waals surface area contributed by atoms with Crippen LogP contribution in [0.5, 0.6) is 0 Å². The molecule has 0 spiro atoms. The number of benzene rings is 1. The van der Waals surface area contributed by atoms with Crippen molar-refractivity contribution in [2.45, 2.75) is 13.0 Å². The largest absolute Gasteiger partial charge is 0.337 e. The third-order valence-corrected chi connectivity index (χ3v) is 3.52. The Hall–Kier alpha value is -1.64. The molecule has 0 bridgehead atoms. The highest BCUT2D eigenvalue weighted by molar-refractivity contribution is 7.89. The van der Waals surface area contributed by atoms with Gasteiger partial charge in [-0.15, -0.1) is 0 Å². The van der Waals surface area contributed by atoms with E-state index in [0.717, 1.165) is 5.56 Å². The van der Waals surface area contributed by atoms with Crippen LogP contribution in [-0.2, 0) is 10.0 Å². The summed E-state index contributed by atoms with van der Waals surface area (Å²) in [5.74, 6) is -0.294. The Morgan fingerprint density at radius 2 is 2.10 bits per heavy atom. The molecule has 0 fully saturated rings. The van der Waals surface area contributed by atoms with E-state index in [1.807, 2.05) is 32.2 Å². The molecule has 7 nitrogen and oxygen atoms in total. The molecule has 0 saturated carbocycles. The Balaban J connectivity index is 2.54. The van der Waals surface area contributed by atoms with Gasteiger partial charge in [-0.05, 0) is 31.7 Å². The van der Waals surface area contributed by atoms with Gasteiger partial charge in [-0.2, -0.15) is 0 Å². The Kier molecular flexibility index (Phi) is 5.93. The highest BCUT2D eigenvalue weighted by Crippen LogP contribution is 2.16. The molecule has 1 unspecified atom stereocenters. The molecule has 0 aromatic heterocycles. The maximum atomic E-state index is 11.6. The molecular formula is C12H20N4O3S. The average Bonchev–Trinajstić information content (AvgIpc) is 2.36. The van der Waals surface area contributed by atoms with Crippen LogP contribution in [0.3, 0.4) is 0 Å². The molecule has 0 heterocycles. The van der Waals surface area contributed by atoms with E-state index in [4.69, 9.17) is 5.14 Å². The van der Waals surface area contributed by atoms with E-state index < -0.39 is 16.1 Å². The summed E-state index contributed by atoms with van der Waals surface area (Å²) in [6, 6.07) is 7.09. The fourth-order valence-corrected chi connectivity index (χ4v) is 1.92. The van der Waals surface area contributed by atoms with Crippen molar-refractivity contribution in [3.63, 3.8) is 0 Å². The first-order valence-corrected chi connectivity index (χ1v) is 7.86. The van der Waals surface area contributed by atoms with Crippen molar-refractivity contribution in [1.29, 1.82) is 0 Å². The van der Waals surface area contributed by atoms with Crippen LogP contribution in [0.1, 0.15) is 18.5 Å². The van der Waals surface area contributed by atoms with Crippen LogP contribution in [0.25, 0.3) is 0 Å². The fraction of sp³-hybridized carbons (Fsp3) is 0.417. The number of sulfonamides is 1. The molecule has 1 aromatic rings. The van der Waals surface area contributed by atoms with E-state index in [2.05, 4.69) is 16.0 Å². The molecular weight excluding hydrogens is 280 g/mol. The van der Waals surface area contributed by atoms with Crippen molar-refractivity contribution in [1.82, 2.24) is 10.6 Å². The lowest BCUT2D eigenvalue weighted by molar-refractivity contribution is 0.252. The van der Waals surface area contributed by atoms with Gasteiger partial charge in [0.05, 0.1) is 5.75 Å². The first kappa shape index (κ1) is 16.4. The summed E-state index contributed by atoms with van der Waals surface area (Å²) in [6.45, 7) is 1.97. The van der Waals surface area contributed by atoms with Crippen molar-refractivity contribution in [2.75, 3.05) is 24.7 Å². The van der Waals surface area contributed by atoms with Gasteiger partial charge < -0.3 is 16.0 Å². The fourth-order valence-electron chi connectivity index (χ4n) is 1.53. The number of hydrogen-bond acceptors (Lipinski definition) is 4. The summed E-state index contributed by atoms with van der Waals surface area (Å²) < 4.78 is 21.4. The lowest BCUT2D eigenvalue weighted by atomic mass is 10.1. The number of hydrogen-bond donors (Lipinski definition) is 4.